The van der Waals surface area contributed by atoms with Crippen LogP contribution in [0.3, 0.4) is 0 Å². The molecule has 0 spiro atoms. The van der Waals surface area contributed by atoms with Crippen LogP contribution in [0, 0.1) is 10.1 Å². The van der Waals surface area contributed by atoms with Crippen molar-refractivity contribution in [3.8, 4) is 0 Å². The molecule has 0 aliphatic carbocycles. The average molecular weight is 363 g/mol. The van der Waals surface area contributed by atoms with Gasteiger partial charge in [-0.05, 0) is 17.7 Å². The zero-order chi connectivity index (χ0) is 18.4. The van der Waals surface area contributed by atoms with Crippen molar-refractivity contribution >= 4 is 29.2 Å². The molecular weight excluding hydrogens is 348 g/mol. The fourth-order valence-corrected chi connectivity index (χ4v) is 2.23. The first kappa shape index (κ1) is 18.4. The van der Waals surface area contributed by atoms with Gasteiger partial charge in [0.1, 0.15) is 5.02 Å². The Morgan fingerprint density at radius 1 is 1.20 bits per heavy atom. The van der Waals surface area contributed by atoms with Crippen molar-refractivity contribution in [3.63, 3.8) is 0 Å². The maximum Gasteiger partial charge on any atom is 0.338 e. The number of benzene rings is 2. The SMILES string of the molecule is CN(Cc1ccccc1)C(=O)COC(=O)c1ccc(Cl)c([N+](=O)[O-])c1. The molecule has 1 amide bonds. The molecule has 8 heteroatoms. The van der Waals surface area contributed by atoms with Crippen LogP contribution in [0.4, 0.5) is 5.69 Å². The molecule has 7 nitrogen and oxygen atoms in total. The predicted octanol–water partition coefficient (Wildman–Crippen LogP) is 3.06. The third-order valence-electron chi connectivity index (χ3n) is 3.39. The molecule has 0 atom stereocenters. The van der Waals surface area contributed by atoms with Gasteiger partial charge in [-0.25, -0.2) is 4.79 Å². The Morgan fingerprint density at radius 3 is 2.52 bits per heavy atom. The Labute approximate surface area is 148 Å². The molecule has 0 heterocycles. The van der Waals surface area contributed by atoms with Crippen molar-refractivity contribution in [1.29, 1.82) is 0 Å². The Bertz CT molecular complexity index is 795. The number of carbonyl (C=O) groups is 2. The van der Waals surface area contributed by atoms with E-state index in [1.165, 1.54) is 17.0 Å². The summed E-state index contributed by atoms with van der Waals surface area (Å²) in [4.78, 5) is 35.6. The van der Waals surface area contributed by atoms with Crippen molar-refractivity contribution in [2.24, 2.45) is 0 Å². The number of nitro benzene ring substituents is 1. The zero-order valence-corrected chi connectivity index (χ0v) is 14.1. The van der Waals surface area contributed by atoms with E-state index in [9.17, 15) is 19.7 Å². The summed E-state index contributed by atoms with van der Waals surface area (Å²) in [5, 5.41) is 10.8. The molecule has 0 aromatic heterocycles. The van der Waals surface area contributed by atoms with E-state index in [0.717, 1.165) is 11.6 Å². The second-order valence-electron chi connectivity index (χ2n) is 5.23. The number of hydrogen-bond donors (Lipinski definition) is 0. The van der Waals surface area contributed by atoms with E-state index in [4.69, 9.17) is 16.3 Å². The molecule has 2 aromatic carbocycles. The van der Waals surface area contributed by atoms with E-state index in [1.807, 2.05) is 30.3 Å². The summed E-state index contributed by atoms with van der Waals surface area (Å²) >= 11 is 5.69. The highest BCUT2D eigenvalue weighted by atomic mass is 35.5. The van der Waals surface area contributed by atoms with Crippen LogP contribution >= 0.6 is 11.6 Å². The van der Waals surface area contributed by atoms with E-state index >= 15 is 0 Å². The van der Waals surface area contributed by atoms with Crippen LogP contribution in [-0.2, 0) is 16.1 Å². The lowest BCUT2D eigenvalue weighted by Gasteiger charge is -2.17. The van der Waals surface area contributed by atoms with Gasteiger partial charge in [-0.2, -0.15) is 0 Å². The number of nitro groups is 1. The molecule has 0 N–H and O–H groups in total. The largest absolute Gasteiger partial charge is 0.452 e. The third kappa shape index (κ3) is 5.02. The maximum atomic E-state index is 12.0. The number of ether oxygens (including phenoxy) is 1. The lowest BCUT2D eigenvalue weighted by Crippen LogP contribution is -2.30. The smallest absolute Gasteiger partial charge is 0.338 e. The topological polar surface area (TPSA) is 89.8 Å². The van der Waals surface area contributed by atoms with Gasteiger partial charge in [0, 0.05) is 19.7 Å². The van der Waals surface area contributed by atoms with Crippen LogP contribution in [0.2, 0.25) is 5.02 Å². The van der Waals surface area contributed by atoms with E-state index in [2.05, 4.69) is 0 Å². The number of halogens is 1. The minimum Gasteiger partial charge on any atom is -0.452 e. The predicted molar refractivity (Wildman–Crippen MR) is 91.3 cm³/mol. The van der Waals surface area contributed by atoms with Crippen LogP contribution in [0.15, 0.2) is 48.5 Å². The fraction of sp³-hybridized carbons (Fsp3) is 0.176. The zero-order valence-electron chi connectivity index (χ0n) is 13.3. The van der Waals surface area contributed by atoms with Crippen LogP contribution in [0.1, 0.15) is 15.9 Å². The standard InChI is InChI=1S/C17H15ClN2O5/c1-19(10-12-5-3-2-4-6-12)16(21)11-25-17(22)13-7-8-14(18)15(9-13)20(23)24/h2-9H,10-11H2,1H3. The Hall–Kier alpha value is -2.93. The molecule has 0 fully saturated rings. The maximum absolute atomic E-state index is 12.0. The van der Waals surface area contributed by atoms with Gasteiger partial charge in [-0.15, -0.1) is 0 Å². The molecule has 0 saturated carbocycles. The van der Waals surface area contributed by atoms with Gasteiger partial charge in [0.15, 0.2) is 6.61 Å². The van der Waals surface area contributed by atoms with Crippen LogP contribution in [0.5, 0.6) is 0 Å². The molecule has 130 valence electrons. The highest BCUT2D eigenvalue weighted by molar-refractivity contribution is 6.32. The lowest BCUT2D eigenvalue weighted by atomic mass is 10.2. The Kier molecular flexibility index (Phi) is 6.08. The fourth-order valence-electron chi connectivity index (χ4n) is 2.05. The number of esters is 1. The molecule has 0 bridgehead atoms. The van der Waals surface area contributed by atoms with Crippen molar-refractivity contribution in [2.45, 2.75) is 6.54 Å². The normalized spacial score (nSPS) is 10.2. The monoisotopic (exact) mass is 362 g/mol. The van der Waals surface area contributed by atoms with Crippen molar-refractivity contribution < 1.29 is 19.2 Å². The molecule has 2 aromatic rings. The third-order valence-corrected chi connectivity index (χ3v) is 3.71. The van der Waals surface area contributed by atoms with Crippen molar-refractivity contribution in [2.75, 3.05) is 13.7 Å². The van der Waals surface area contributed by atoms with E-state index in [0.29, 0.717) is 6.54 Å². The van der Waals surface area contributed by atoms with Gasteiger partial charge in [0.2, 0.25) is 0 Å². The molecule has 0 saturated heterocycles. The minimum atomic E-state index is -0.832. The number of amides is 1. The van der Waals surface area contributed by atoms with Gasteiger partial charge >= 0.3 is 5.97 Å². The van der Waals surface area contributed by atoms with Crippen molar-refractivity contribution in [1.82, 2.24) is 4.90 Å². The highest BCUT2D eigenvalue weighted by Gasteiger charge is 2.18. The molecule has 0 aliphatic heterocycles. The van der Waals surface area contributed by atoms with Crippen LogP contribution in [-0.4, -0.2) is 35.4 Å². The molecule has 0 aliphatic rings. The minimum absolute atomic E-state index is 0.0467. The Balaban J connectivity index is 1.94. The first-order valence-electron chi connectivity index (χ1n) is 7.27. The summed E-state index contributed by atoms with van der Waals surface area (Å²) in [5.74, 6) is -1.22. The first-order chi connectivity index (χ1) is 11.9. The first-order valence-corrected chi connectivity index (χ1v) is 7.65. The molecular formula is C17H15ClN2O5. The van der Waals surface area contributed by atoms with Crippen LogP contribution in [0.25, 0.3) is 0 Å². The molecule has 25 heavy (non-hydrogen) atoms. The Morgan fingerprint density at radius 2 is 1.88 bits per heavy atom. The van der Waals surface area contributed by atoms with Crippen LogP contribution < -0.4 is 0 Å². The second-order valence-corrected chi connectivity index (χ2v) is 5.64. The second kappa shape index (κ2) is 8.25. The van der Waals surface area contributed by atoms with Crippen molar-refractivity contribution in [3.05, 3.63) is 74.8 Å². The van der Waals surface area contributed by atoms with E-state index in [1.54, 1.807) is 7.05 Å². The summed E-state index contributed by atoms with van der Waals surface area (Å²) in [5.41, 5.74) is 0.497. The number of hydrogen-bond acceptors (Lipinski definition) is 5. The van der Waals surface area contributed by atoms with Gasteiger partial charge < -0.3 is 9.64 Å². The van der Waals surface area contributed by atoms with Gasteiger partial charge in [0.25, 0.3) is 11.6 Å². The number of likely N-dealkylation sites (N-methyl/N-ethyl adjacent to an activating group) is 1. The molecule has 2 rings (SSSR count). The summed E-state index contributed by atoms with van der Waals surface area (Å²) in [6, 6.07) is 12.9. The van der Waals surface area contributed by atoms with Gasteiger partial charge in [-0.3, -0.25) is 14.9 Å². The average Bonchev–Trinajstić information content (AvgIpc) is 2.60. The van der Waals surface area contributed by atoms with Gasteiger partial charge in [0.05, 0.1) is 10.5 Å². The van der Waals surface area contributed by atoms with E-state index in [-0.39, 0.29) is 16.5 Å². The lowest BCUT2D eigenvalue weighted by molar-refractivity contribution is -0.384. The number of rotatable bonds is 6. The summed E-state index contributed by atoms with van der Waals surface area (Å²) < 4.78 is 4.93. The van der Waals surface area contributed by atoms with E-state index < -0.39 is 23.2 Å². The van der Waals surface area contributed by atoms with Gasteiger partial charge in [-0.1, -0.05) is 41.9 Å². The highest BCUT2D eigenvalue weighted by Crippen LogP contribution is 2.25. The number of nitrogens with zero attached hydrogens (tertiary/aromatic N) is 2. The number of carbonyl (C=O) groups excluding carboxylic acids is 2. The summed E-state index contributed by atoms with van der Waals surface area (Å²) in [6.45, 7) is -0.0811. The summed E-state index contributed by atoms with van der Waals surface area (Å²) in [7, 11) is 1.59. The summed E-state index contributed by atoms with van der Waals surface area (Å²) in [6.07, 6.45) is 0. The molecule has 0 unspecified atom stereocenters. The molecule has 0 radical (unpaired) electrons. The quantitative estimate of drug-likeness (QED) is 0.447.